The number of anilines is 1. The fraction of sp³-hybridized carbons (Fsp3) is 0.500. The number of aryl methyl sites for hydroxylation is 1. The third kappa shape index (κ3) is 2.81. The van der Waals surface area contributed by atoms with Crippen LogP contribution in [0, 0.1) is 6.92 Å². The molecule has 0 spiro atoms. The van der Waals surface area contributed by atoms with Crippen molar-refractivity contribution in [1.82, 2.24) is 4.98 Å². The van der Waals surface area contributed by atoms with Crippen LogP contribution in [0.1, 0.15) is 18.2 Å². The maximum absolute atomic E-state index is 5.80. The standard InChI is InChI=1S/C18H24N2O2/c1-4-15-13(2)19-17-8-6-5-7-16(17)18(15)20-9-10-22-14(11-20)12-21-3/h5-8,14H,4,9-12H2,1-3H3. The lowest BCUT2D eigenvalue weighted by Crippen LogP contribution is -2.45. The zero-order chi connectivity index (χ0) is 15.5. The number of aromatic nitrogens is 1. The van der Waals surface area contributed by atoms with Gasteiger partial charge in [0.25, 0.3) is 0 Å². The van der Waals surface area contributed by atoms with Gasteiger partial charge in [-0.2, -0.15) is 0 Å². The van der Waals surface area contributed by atoms with Crippen molar-refractivity contribution < 1.29 is 9.47 Å². The maximum atomic E-state index is 5.80. The van der Waals surface area contributed by atoms with Crippen LogP contribution in [0.2, 0.25) is 0 Å². The van der Waals surface area contributed by atoms with Gasteiger partial charge in [-0.3, -0.25) is 4.98 Å². The second kappa shape index (κ2) is 6.63. The van der Waals surface area contributed by atoms with Crippen LogP contribution in [0.25, 0.3) is 10.9 Å². The summed E-state index contributed by atoms with van der Waals surface area (Å²) in [5, 5.41) is 1.24. The molecule has 1 atom stereocenters. The van der Waals surface area contributed by atoms with Crippen LogP contribution in [0.15, 0.2) is 24.3 Å². The van der Waals surface area contributed by atoms with Gasteiger partial charge < -0.3 is 14.4 Å². The van der Waals surface area contributed by atoms with Crippen LogP contribution in [0.3, 0.4) is 0 Å². The molecule has 1 aliphatic rings. The van der Waals surface area contributed by atoms with E-state index in [1.807, 2.05) is 0 Å². The molecule has 0 bridgehead atoms. The van der Waals surface area contributed by atoms with Gasteiger partial charge in [0, 0.05) is 31.3 Å². The molecule has 4 heteroatoms. The number of ether oxygens (including phenoxy) is 2. The van der Waals surface area contributed by atoms with E-state index < -0.39 is 0 Å². The van der Waals surface area contributed by atoms with Crippen molar-refractivity contribution in [3.05, 3.63) is 35.5 Å². The van der Waals surface area contributed by atoms with Gasteiger partial charge in [0.15, 0.2) is 0 Å². The molecule has 2 heterocycles. The first-order valence-electron chi connectivity index (χ1n) is 7.98. The summed E-state index contributed by atoms with van der Waals surface area (Å²) in [5.41, 5.74) is 4.87. The molecular formula is C18H24N2O2. The van der Waals surface area contributed by atoms with E-state index in [0.717, 1.165) is 37.3 Å². The SMILES string of the molecule is CCc1c(C)nc2ccccc2c1N1CCOC(COC)C1. The highest BCUT2D eigenvalue weighted by atomic mass is 16.5. The number of pyridine rings is 1. The minimum absolute atomic E-state index is 0.135. The number of rotatable bonds is 4. The van der Waals surface area contributed by atoms with Crippen molar-refractivity contribution >= 4 is 16.6 Å². The number of hydrogen-bond acceptors (Lipinski definition) is 4. The molecule has 0 radical (unpaired) electrons. The van der Waals surface area contributed by atoms with Crippen molar-refractivity contribution in [1.29, 1.82) is 0 Å². The molecule has 22 heavy (non-hydrogen) atoms. The fourth-order valence-corrected chi connectivity index (χ4v) is 3.35. The lowest BCUT2D eigenvalue weighted by Gasteiger charge is -2.36. The average Bonchev–Trinajstić information content (AvgIpc) is 2.54. The molecule has 1 aromatic heterocycles. The maximum Gasteiger partial charge on any atom is 0.0983 e. The Morgan fingerprint density at radius 1 is 1.36 bits per heavy atom. The zero-order valence-electron chi connectivity index (χ0n) is 13.6. The van der Waals surface area contributed by atoms with Gasteiger partial charge in [0.05, 0.1) is 30.5 Å². The lowest BCUT2D eigenvalue weighted by molar-refractivity contribution is -0.00999. The third-order valence-electron chi connectivity index (χ3n) is 4.33. The van der Waals surface area contributed by atoms with E-state index >= 15 is 0 Å². The Morgan fingerprint density at radius 2 is 2.18 bits per heavy atom. The van der Waals surface area contributed by atoms with E-state index in [4.69, 9.17) is 14.5 Å². The Balaban J connectivity index is 2.07. The molecule has 2 aromatic rings. The van der Waals surface area contributed by atoms with Crippen molar-refractivity contribution in [3.8, 4) is 0 Å². The number of nitrogens with zero attached hydrogens (tertiary/aromatic N) is 2. The number of hydrogen-bond donors (Lipinski definition) is 0. The topological polar surface area (TPSA) is 34.6 Å². The third-order valence-corrected chi connectivity index (χ3v) is 4.33. The number of benzene rings is 1. The Bertz CT molecular complexity index is 655. The smallest absolute Gasteiger partial charge is 0.0983 e. The molecule has 1 unspecified atom stereocenters. The minimum Gasteiger partial charge on any atom is -0.382 e. The highest BCUT2D eigenvalue weighted by Gasteiger charge is 2.24. The van der Waals surface area contributed by atoms with Gasteiger partial charge in [0.1, 0.15) is 0 Å². The molecule has 1 aromatic carbocycles. The number of fused-ring (bicyclic) bond motifs is 1. The molecule has 0 saturated carbocycles. The molecule has 3 rings (SSSR count). The molecule has 0 N–H and O–H groups in total. The predicted molar refractivity (Wildman–Crippen MR) is 89.7 cm³/mol. The van der Waals surface area contributed by atoms with Gasteiger partial charge in [-0.05, 0) is 25.0 Å². The highest BCUT2D eigenvalue weighted by molar-refractivity contribution is 5.94. The van der Waals surface area contributed by atoms with Crippen LogP contribution >= 0.6 is 0 Å². The Kier molecular flexibility index (Phi) is 4.60. The molecule has 0 amide bonds. The monoisotopic (exact) mass is 300 g/mol. The molecule has 1 aliphatic heterocycles. The second-order valence-electron chi connectivity index (χ2n) is 5.79. The van der Waals surface area contributed by atoms with E-state index in [1.54, 1.807) is 7.11 Å². The predicted octanol–water partition coefficient (Wildman–Crippen LogP) is 2.96. The molecule has 4 nitrogen and oxygen atoms in total. The van der Waals surface area contributed by atoms with Crippen molar-refractivity contribution in [3.63, 3.8) is 0 Å². The molecule has 118 valence electrons. The second-order valence-corrected chi connectivity index (χ2v) is 5.79. The van der Waals surface area contributed by atoms with Gasteiger partial charge in [-0.1, -0.05) is 25.1 Å². The normalized spacial score (nSPS) is 18.9. The Hall–Kier alpha value is -1.65. The van der Waals surface area contributed by atoms with E-state index in [0.29, 0.717) is 6.61 Å². The van der Waals surface area contributed by atoms with Crippen LogP contribution < -0.4 is 4.90 Å². The van der Waals surface area contributed by atoms with Crippen molar-refractivity contribution in [2.24, 2.45) is 0 Å². The first kappa shape index (κ1) is 15.3. The van der Waals surface area contributed by atoms with Crippen molar-refractivity contribution in [2.75, 3.05) is 38.3 Å². The number of methoxy groups -OCH3 is 1. The number of para-hydroxylation sites is 1. The van der Waals surface area contributed by atoms with E-state index in [-0.39, 0.29) is 6.10 Å². The summed E-state index contributed by atoms with van der Waals surface area (Å²) in [4.78, 5) is 7.22. The first-order valence-corrected chi connectivity index (χ1v) is 7.98. The summed E-state index contributed by atoms with van der Waals surface area (Å²) in [5.74, 6) is 0. The summed E-state index contributed by atoms with van der Waals surface area (Å²) in [6.45, 7) is 7.49. The quantitative estimate of drug-likeness (QED) is 0.869. The number of morpholine rings is 1. The zero-order valence-corrected chi connectivity index (χ0v) is 13.6. The summed E-state index contributed by atoms with van der Waals surface area (Å²) < 4.78 is 11.1. The molecular weight excluding hydrogens is 276 g/mol. The van der Waals surface area contributed by atoms with Crippen LogP contribution in [0.4, 0.5) is 5.69 Å². The molecule has 0 aliphatic carbocycles. The summed E-state index contributed by atoms with van der Waals surface area (Å²) in [6, 6.07) is 8.42. The summed E-state index contributed by atoms with van der Waals surface area (Å²) in [6.07, 6.45) is 1.13. The van der Waals surface area contributed by atoms with Gasteiger partial charge in [-0.25, -0.2) is 0 Å². The van der Waals surface area contributed by atoms with Gasteiger partial charge in [0.2, 0.25) is 0 Å². The van der Waals surface area contributed by atoms with E-state index in [9.17, 15) is 0 Å². The van der Waals surface area contributed by atoms with Crippen LogP contribution in [-0.2, 0) is 15.9 Å². The van der Waals surface area contributed by atoms with Crippen molar-refractivity contribution in [2.45, 2.75) is 26.4 Å². The lowest BCUT2D eigenvalue weighted by atomic mass is 10.0. The van der Waals surface area contributed by atoms with E-state index in [1.165, 1.54) is 16.6 Å². The Morgan fingerprint density at radius 3 is 2.95 bits per heavy atom. The molecule has 1 fully saturated rings. The largest absolute Gasteiger partial charge is 0.382 e. The summed E-state index contributed by atoms with van der Waals surface area (Å²) >= 11 is 0. The first-order chi connectivity index (χ1) is 10.7. The fourth-order valence-electron chi connectivity index (χ4n) is 3.35. The molecule has 1 saturated heterocycles. The van der Waals surface area contributed by atoms with Gasteiger partial charge in [-0.15, -0.1) is 0 Å². The van der Waals surface area contributed by atoms with Gasteiger partial charge >= 0.3 is 0 Å². The Labute approximate surface area is 132 Å². The van der Waals surface area contributed by atoms with E-state index in [2.05, 4.69) is 43.0 Å². The van der Waals surface area contributed by atoms with Crippen LogP contribution in [-0.4, -0.2) is 44.5 Å². The average molecular weight is 300 g/mol. The minimum atomic E-state index is 0.135. The highest BCUT2D eigenvalue weighted by Crippen LogP contribution is 2.33. The summed E-state index contributed by atoms with van der Waals surface area (Å²) in [7, 11) is 1.73. The van der Waals surface area contributed by atoms with Crippen LogP contribution in [0.5, 0.6) is 0 Å².